The molecule has 0 fully saturated rings. The average Bonchev–Trinajstić information content (AvgIpc) is 2.92. The molecule has 0 radical (unpaired) electrons. The molecule has 0 aliphatic carbocycles. The van der Waals surface area contributed by atoms with E-state index in [4.69, 9.17) is 11.6 Å². The van der Waals surface area contributed by atoms with E-state index in [1.165, 1.54) is 4.88 Å². The number of aryl methyl sites for hydroxylation is 1. The molecule has 0 unspecified atom stereocenters. The third-order valence-corrected chi connectivity index (χ3v) is 4.05. The first-order chi connectivity index (χ1) is 10.7. The van der Waals surface area contributed by atoms with Gasteiger partial charge in [0, 0.05) is 36.8 Å². The number of halogens is 2. The van der Waals surface area contributed by atoms with Gasteiger partial charge >= 0.3 is 0 Å². The second-order valence-electron chi connectivity index (χ2n) is 4.73. The Bertz CT molecular complexity index is 615. The number of thiazole rings is 1. The summed E-state index contributed by atoms with van der Waals surface area (Å²) in [5, 5.41) is 8.19. The summed E-state index contributed by atoms with van der Waals surface area (Å²) in [6, 6.07) is 3.71. The summed E-state index contributed by atoms with van der Waals surface area (Å²) in [7, 11) is 0. The fourth-order valence-corrected chi connectivity index (χ4v) is 2.72. The number of pyridine rings is 1. The van der Waals surface area contributed by atoms with Crippen molar-refractivity contribution in [3.05, 3.63) is 45.1 Å². The minimum absolute atomic E-state index is 0. The van der Waals surface area contributed by atoms with Crippen molar-refractivity contribution in [2.75, 3.05) is 13.1 Å². The number of aromatic nitrogens is 2. The zero-order valence-corrected chi connectivity index (χ0v) is 17.1. The summed E-state index contributed by atoms with van der Waals surface area (Å²) < 4.78 is 0. The van der Waals surface area contributed by atoms with E-state index in [1.807, 2.05) is 19.2 Å². The molecule has 0 spiro atoms. The van der Waals surface area contributed by atoms with E-state index in [2.05, 4.69) is 32.5 Å². The zero-order chi connectivity index (χ0) is 15.8. The van der Waals surface area contributed by atoms with Gasteiger partial charge in [0.1, 0.15) is 5.15 Å². The van der Waals surface area contributed by atoms with Crippen molar-refractivity contribution >= 4 is 52.9 Å². The predicted octanol–water partition coefficient (Wildman–Crippen LogP) is 3.42. The molecule has 5 nitrogen and oxygen atoms in total. The monoisotopic (exact) mass is 465 g/mol. The lowest BCUT2D eigenvalue weighted by atomic mass is 10.3. The first-order valence-electron chi connectivity index (χ1n) is 7.21. The minimum atomic E-state index is 0. The lowest BCUT2D eigenvalue weighted by Gasteiger charge is -2.10. The quantitative estimate of drug-likeness (QED) is 0.297. The van der Waals surface area contributed by atoms with Crippen LogP contribution in [0.4, 0.5) is 0 Å². The Hall–Kier alpha value is -0.930. The second-order valence-corrected chi connectivity index (χ2v) is 6.43. The molecule has 8 heteroatoms. The van der Waals surface area contributed by atoms with Crippen LogP contribution in [-0.4, -0.2) is 29.0 Å². The molecule has 2 N–H and O–H groups in total. The van der Waals surface area contributed by atoms with Crippen molar-refractivity contribution in [2.45, 2.75) is 26.8 Å². The lowest BCUT2D eigenvalue weighted by Crippen LogP contribution is -2.38. The van der Waals surface area contributed by atoms with Crippen LogP contribution in [-0.2, 0) is 13.0 Å². The first kappa shape index (κ1) is 20.1. The highest BCUT2D eigenvalue weighted by Gasteiger charge is 2.01. The Kier molecular flexibility index (Phi) is 9.42. The molecule has 2 rings (SSSR count). The third kappa shape index (κ3) is 7.45. The number of hydrogen-bond donors (Lipinski definition) is 2. The summed E-state index contributed by atoms with van der Waals surface area (Å²) in [6.07, 6.45) is 4.55. The SMILES string of the molecule is CCNC(=NCc1ccc(Cl)nc1)NCCc1ncc(C)s1.I. The number of aliphatic imine (C=N–C) groups is 1. The molecule has 0 aliphatic rings. The fraction of sp³-hybridized carbons (Fsp3) is 0.400. The van der Waals surface area contributed by atoms with Gasteiger partial charge in [0.05, 0.1) is 11.6 Å². The van der Waals surface area contributed by atoms with Crippen molar-refractivity contribution in [3.63, 3.8) is 0 Å². The van der Waals surface area contributed by atoms with E-state index in [0.29, 0.717) is 11.7 Å². The summed E-state index contributed by atoms with van der Waals surface area (Å²) in [5.41, 5.74) is 1.03. The molecule has 0 aliphatic heterocycles. The lowest BCUT2D eigenvalue weighted by molar-refractivity contribution is 0.796. The van der Waals surface area contributed by atoms with Crippen molar-refractivity contribution in [1.29, 1.82) is 0 Å². The van der Waals surface area contributed by atoms with Gasteiger partial charge in [-0.25, -0.2) is 15.0 Å². The van der Waals surface area contributed by atoms with Gasteiger partial charge in [-0.15, -0.1) is 35.3 Å². The minimum Gasteiger partial charge on any atom is -0.357 e. The number of hydrogen-bond acceptors (Lipinski definition) is 4. The van der Waals surface area contributed by atoms with Gasteiger partial charge in [-0.1, -0.05) is 17.7 Å². The summed E-state index contributed by atoms with van der Waals surface area (Å²) in [4.78, 5) is 14.2. The van der Waals surface area contributed by atoms with Crippen LogP contribution in [0.5, 0.6) is 0 Å². The standard InChI is InChI=1S/C15H20ClN5S.HI/c1-3-17-15(18-7-6-14-20-8-11(2)22-14)21-10-12-4-5-13(16)19-9-12;/h4-5,8-9H,3,6-7,10H2,1-2H3,(H2,17,18,21);1H. The molecule has 0 saturated carbocycles. The van der Waals surface area contributed by atoms with Crippen LogP contribution in [0.15, 0.2) is 29.5 Å². The van der Waals surface area contributed by atoms with Gasteiger partial charge < -0.3 is 10.6 Å². The molecule has 126 valence electrons. The second kappa shape index (κ2) is 10.8. The van der Waals surface area contributed by atoms with E-state index in [-0.39, 0.29) is 24.0 Å². The van der Waals surface area contributed by atoms with E-state index in [0.717, 1.165) is 36.0 Å². The molecule has 0 atom stereocenters. The highest BCUT2D eigenvalue weighted by Crippen LogP contribution is 2.11. The van der Waals surface area contributed by atoms with E-state index >= 15 is 0 Å². The molecule has 23 heavy (non-hydrogen) atoms. The molecule has 2 heterocycles. The largest absolute Gasteiger partial charge is 0.357 e. The predicted molar refractivity (Wildman–Crippen MR) is 108 cm³/mol. The summed E-state index contributed by atoms with van der Waals surface area (Å²) >= 11 is 7.51. The van der Waals surface area contributed by atoms with Crippen LogP contribution in [0, 0.1) is 6.92 Å². The number of nitrogens with zero attached hydrogens (tertiary/aromatic N) is 3. The normalized spacial score (nSPS) is 11.0. The van der Waals surface area contributed by atoms with Gasteiger partial charge in [0.25, 0.3) is 0 Å². The molecule has 0 amide bonds. The number of rotatable bonds is 6. The molecule has 0 bridgehead atoms. The highest BCUT2D eigenvalue weighted by molar-refractivity contribution is 14.0. The van der Waals surface area contributed by atoms with E-state index < -0.39 is 0 Å². The molecular weight excluding hydrogens is 445 g/mol. The van der Waals surface area contributed by atoms with Crippen molar-refractivity contribution in [3.8, 4) is 0 Å². The molecular formula is C15H21ClIN5S. The molecule has 2 aromatic heterocycles. The Labute approximate surface area is 163 Å². The average molecular weight is 466 g/mol. The van der Waals surface area contributed by atoms with Gasteiger partial charge in [0.15, 0.2) is 5.96 Å². The zero-order valence-electron chi connectivity index (χ0n) is 13.2. The number of nitrogens with one attached hydrogen (secondary N) is 2. The van der Waals surface area contributed by atoms with Crippen LogP contribution in [0.1, 0.15) is 22.4 Å². The van der Waals surface area contributed by atoms with E-state index in [1.54, 1.807) is 23.6 Å². The smallest absolute Gasteiger partial charge is 0.191 e. The Morgan fingerprint density at radius 2 is 2.09 bits per heavy atom. The summed E-state index contributed by atoms with van der Waals surface area (Å²) in [6.45, 7) is 6.31. The van der Waals surface area contributed by atoms with Crippen molar-refractivity contribution in [1.82, 2.24) is 20.6 Å². The Balaban J connectivity index is 0.00000264. The van der Waals surface area contributed by atoms with Gasteiger partial charge in [0.2, 0.25) is 0 Å². The summed E-state index contributed by atoms with van der Waals surface area (Å²) in [5.74, 6) is 0.797. The fourth-order valence-electron chi connectivity index (χ4n) is 1.82. The maximum atomic E-state index is 5.78. The Morgan fingerprint density at radius 1 is 1.26 bits per heavy atom. The van der Waals surface area contributed by atoms with Crippen LogP contribution >= 0.6 is 46.9 Å². The molecule has 2 aromatic rings. The number of guanidine groups is 1. The van der Waals surface area contributed by atoms with Crippen LogP contribution < -0.4 is 10.6 Å². The van der Waals surface area contributed by atoms with E-state index in [9.17, 15) is 0 Å². The molecule has 0 aromatic carbocycles. The third-order valence-electron chi connectivity index (χ3n) is 2.85. The van der Waals surface area contributed by atoms with Crippen molar-refractivity contribution < 1.29 is 0 Å². The van der Waals surface area contributed by atoms with Gasteiger partial charge in [-0.3, -0.25) is 0 Å². The highest BCUT2D eigenvalue weighted by atomic mass is 127. The first-order valence-corrected chi connectivity index (χ1v) is 8.40. The topological polar surface area (TPSA) is 62.2 Å². The maximum absolute atomic E-state index is 5.78. The van der Waals surface area contributed by atoms with Gasteiger partial charge in [-0.05, 0) is 25.5 Å². The van der Waals surface area contributed by atoms with Gasteiger partial charge in [-0.2, -0.15) is 0 Å². The van der Waals surface area contributed by atoms with Crippen molar-refractivity contribution in [2.24, 2.45) is 4.99 Å². The van der Waals surface area contributed by atoms with Crippen LogP contribution in [0.25, 0.3) is 0 Å². The van der Waals surface area contributed by atoms with Crippen LogP contribution in [0.2, 0.25) is 5.15 Å². The maximum Gasteiger partial charge on any atom is 0.191 e. The molecule has 0 saturated heterocycles. The Morgan fingerprint density at radius 3 is 2.70 bits per heavy atom. The van der Waals surface area contributed by atoms with Crippen LogP contribution in [0.3, 0.4) is 0 Å².